The van der Waals surface area contributed by atoms with Gasteiger partial charge in [0.2, 0.25) is 0 Å². The fourth-order valence-electron chi connectivity index (χ4n) is 7.71. The molecule has 0 spiro atoms. The highest BCUT2D eigenvalue weighted by atomic mass is 17.1. The van der Waals surface area contributed by atoms with Crippen molar-refractivity contribution in [2.24, 2.45) is 0 Å². The van der Waals surface area contributed by atoms with Gasteiger partial charge in [-0.25, -0.2) is 4.89 Å². The SMILES string of the molecule is CC/C=C\C/C=C\C/C=C\C/C=C\C/C=C\CC#CCCCC(=O)O.CC/C=C\CC(/C=C/C=C\C/C=C\C/C=C\CC#CCCC(=O)O)OO.CC/C=C\C[C@@H]1O[C@@H]1C/C=C\C/C=C\C/C=C\CC#CCCC(=O)O.CC/C=C\C[C@H](O)/C=C/C=C\C=C\C(O)C/C=C\CC#CCCC(=O)O. The number of ether oxygens (including phenoxy) is 1. The smallest absolute Gasteiger partial charge is 0.304 e. The molecule has 2 unspecified atom stereocenters. The van der Waals surface area contributed by atoms with Crippen LogP contribution in [0.1, 0.15) is 220 Å². The monoisotopic (exact) mass is 1400 g/mol. The Labute approximate surface area is 614 Å². The predicted molar refractivity (Wildman–Crippen MR) is 425 cm³/mol. The summed E-state index contributed by atoms with van der Waals surface area (Å²) in [6, 6.07) is 0. The number of aliphatic hydroxyl groups excluding tert-OH is 2. The van der Waals surface area contributed by atoms with Crippen molar-refractivity contribution in [3.63, 3.8) is 0 Å². The Hall–Kier alpha value is -9.02. The Morgan fingerprint density at radius 1 is 0.333 bits per heavy atom. The molecule has 1 fully saturated rings. The van der Waals surface area contributed by atoms with Gasteiger partial charge in [-0.1, -0.05) is 282 Å². The van der Waals surface area contributed by atoms with Crippen molar-refractivity contribution >= 4 is 23.9 Å². The van der Waals surface area contributed by atoms with Crippen molar-refractivity contribution in [3.05, 3.63) is 231 Å². The van der Waals surface area contributed by atoms with Crippen molar-refractivity contribution in [1.82, 2.24) is 0 Å². The molecule has 1 aliphatic rings. The highest BCUT2D eigenvalue weighted by molar-refractivity contribution is 5.68. The summed E-state index contributed by atoms with van der Waals surface area (Å²) in [5.74, 6) is 20.0. The Bertz CT molecular complexity index is 3000. The zero-order chi connectivity index (χ0) is 75.4. The molecule has 1 aliphatic heterocycles. The van der Waals surface area contributed by atoms with Gasteiger partial charge >= 0.3 is 23.9 Å². The topological polar surface area (TPSA) is 232 Å². The van der Waals surface area contributed by atoms with Crippen molar-refractivity contribution in [1.29, 1.82) is 0 Å². The van der Waals surface area contributed by atoms with E-state index in [1.165, 1.54) is 0 Å². The average molecular weight is 1400 g/mol. The lowest BCUT2D eigenvalue weighted by molar-refractivity contribution is -0.264. The Morgan fingerprint density at radius 3 is 1.01 bits per heavy atom. The van der Waals surface area contributed by atoms with Gasteiger partial charge in [-0.2, -0.15) is 0 Å². The van der Waals surface area contributed by atoms with Gasteiger partial charge in [0, 0.05) is 57.8 Å². The third kappa shape index (κ3) is 89.0. The zero-order valence-corrected chi connectivity index (χ0v) is 61.6. The second-order valence-corrected chi connectivity index (χ2v) is 22.4. The number of unbranched alkanes of at least 4 members (excludes halogenated alkanes) is 1. The summed E-state index contributed by atoms with van der Waals surface area (Å²) >= 11 is 0. The lowest BCUT2D eigenvalue weighted by Gasteiger charge is -2.03. The molecule has 7 N–H and O–H groups in total. The largest absolute Gasteiger partial charge is 0.481 e. The molecular weight excluding hydrogens is 1280 g/mol. The van der Waals surface area contributed by atoms with Crippen LogP contribution in [0.2, 0.25) is 0 Å². The van der Waals surface area contributed by atoms with Crippen LogP contribution in [0.4, 0.5) is 0 Å². The number of rotatable bonds is 50. The molecular formula is C89H122O13. The van der Waals surface area contributed by atoms with Crippen LogP contribution in [0.15, 0.2) is 231 Å². The van der Waals surface area contributed by atoms with Crippen LogP contribution in [-0.2, 0) is 28.8 Å². The minimum Gasteiger partial charge on any atom is -0.481 e. The first-order valence-electron chi connectivity index (χ1n) is 36.2. The van der Waals surface area contributed by atoms with E-state index in [1.54, 1.807) is 36.5 Å². The minimum absolute atomic E-state index is 0.0673. The summed E-state index contributed by atoms with van der Waals surface area (Å²) in [6.07, 6.45) is 97.6. The lowest BCUT2D eigenvalue weighted by atomic mass is 10.1. The van der Waals surface area contributed by atoms with Gasteiger partial charge in [0.1, 0.15) is 6.10 Å². The predicted octanol–water partition coefficient (Wildman–Crippen LogP) is 21.0. The second-order valence-electron chi connectivity index (χ2n) is 22.4. The third-order valence-corrected chi connectivity index (χ3v) is 13.2. The van der Waals surface area contributed by atoms with E-state index >= 15 is 0 Å². The van der Waals surface area contributed by atoms with Gasteiger partial charge in [0.05, 0.1) is 43.7 Å². The highest BCUT2D eigenvalue weighted by Crippen LogP contribution is 2.29. The molecule has 0 amide bonds. The van der Waals surface area contributed by atoms with Crippen LogP contribution in [0, 0.1) is 47.4 Å². The minimum atomic E-state index is -0.838. The molecule has 0 saturated carbocycles. The summed E-state index contributed by atoms with van der Waals surface area (Å²) < 4.78 is 5.61. The molecule has 13 heteroatoms. The Morgan fingerprint density at radius 2 is 0.627 bits per heavy atom. The molecule has 556 valence electrons. The quantitative estimate of drug-likeness (QED) is 0.00572. The molecule has 0 aromatic rings. The van der Waals surface area contributed by atoms with Crippen LogP contribution in [0.3, 0.4) is 0 Å². The molecule has 13 nitrogen and oxygen atoms in total. The van der Waals surface area contributed by atoms with Gasteiger partial charge in [-0.05, 0) is 116 Å². The van der Waals surface area contributed by atoms with E-state index < -0.39 is 36.1 Å². The number of aliphatic carboxylic acids is 4. The van der Waals surface area contributed by atoms with Crippen LogP contribution in [-0.4, -0.2) is 90.3 Å². The molecule has 1 saturated heterocycles. The van der Waals surface area contributed by atoms with Gasteiger partial charge in [-0.3, -0.25) is 24.4 Å². The molecule has 102 heavy (non-hydrogen) atoms. The molecule has 0 bridgehead atoms. The van der Waals surface area contributed by atoms with E-state index in [-0.39, 0.29) is 31.8 Å². The average Bonchev–Trinajstić information content (AvgIpc) is 1.71. The number of hydrogen-bond acceptors (Lipinski definition) is 9. The van der Waals surface area contributed by atoms with Gasteiger partial charge in [0.15, 0.2) is 0 Å². The number of allylic oxidation sites excluding steroid dienone is 30. The standard InChI is InChI=1S/C23H32O2.2C22H30O4.C22H30O3/c1-2-3-4-5-6-7-8-9-10-11-12-13-14-15-16-17-18-19-20-21-22-23(24)25;1-2-3-10-15-20(23)17-12-8-9-13-18-21(24)16-11-6-4-5-7-14-19-22(25)26;1-2-3-15-18-21(26-25)19-16-13-11-9-7-5-4-6-8-10-12-14-17-20-22(23)24;1-2-3-14-17-20-21(25-20)18-15-12-10-8-6-4-5-7-9-11-13-16-19-22(23)24/h3-4,6-7,9-10,12-13,15-16H,2,5,8,11,14,17,20-22H2,1H3,(H,24,25);3,6,8-13,17-18,20-21,23-24H,2,4,14-16,19H2,1H3,(H,25,26);3,5-8,11,13,15-16,19,21,25H,2,4,9-10,17-18,20H2,1H3,(H,23,24);3,5-8,12,14-15,20-21H,2,4,9-10,16-19H2,1H3,(H,23,24)/b4-3-,7-6-,10-9-,13-12-,16-15-;9-8-,10-3-,11-6-,17-12+,18-13+;7-5-,8-6-,13-11-,15-3-,19-16+;7-5-,8-6-,14-3-,15-12-/t;20-,21?;;20-,21+/m.0.0/s1. The summed E-state index contributed by atoms with van der Waals surface area (Å²) in [4.78, 5) is 45.6. The molecule has 0 aromatic carbocycles. The molecule has 0 radical (unpaired) electrons. The van der Waals surface area contributed by atoms with E-state index in [0.29, 0.717) is 82.8 Å². The molecule has 1 rings (SSSR count). The van der Waals surface area contributed by atoms with Gasteiger partial charge in [0.25, 0.3) is 0 Å². The summed E-state index contributed by atoms with van der Waals surface area (Å²) in [5, 5.41) is 62.1. The fourth-order valence-corrected chi connectivity index (χ4v) is 7.71. The number of epoxide rings is 1. The van der Waals surface area contributed by atoms with Crippen molar-refractivity contribution in [2.45, 2.75) is 251 Å². The van der Waals surface area contributed by atoms with E-state index in [9.17, 15) is 29.4 Å². The third-order valence-electron chi connectivity index (χ3n) is 13.2. The maximum Gasteiger partial charge on any atom is 0.304 e. The summed E-state index contributed by atoms with van der Waals surface area (Å²) in [6.45, 7) is 8.41. The van der Waals surface area contributed by atoms with Crippen LogP contribution >= 0.6 is 0 Å². The number of aliphatic hydroxyl groups is 2. The normalized spacial score (nSPS) is 14.9. The maximum atomic E-state index is 10.3. The zero-order valence-electron chi connectivity index (χ0n) is 61.6. The van der Waals surface area contributed by atoms with Gasteiger partial charge in [-0.15, -0.1) is 23.7 Å². The van der Waals surface area contributed by atoms with Crippen molar-refractivity contribution in [3.8, 4) is 47.4 Å². The van der Waals surface area contributed by atoms with Crippen LogP contribution < -0.4 is 0 Å². The van der Waals surface area contributed by atoms with Crippen molar-refractivity contribution < 1.29 is 64.7 Å². The van der Waals surface area contributed by atoms with Crippen LogP contribution in [0.5, 0.6) is 0 Å². The first-order valence-corrected chi connectivity index (χ1v) is 36.2. The summed E-state index contributed by atoms with van der Waals surface area (Å²) in [7, 11) is 0. The number of carboxylic acids is 4. The number of hydrogen-bond donors (Lipinski definition) is 7. The first kappa shape index (κ1) is 97.2. The Balaban J connectivity index is -0.00000128. The van der Waals surface area contributed by atoms with Crippen LogP contribution in [0.25, 0.3) is 0 Å². The summed E-state index contributed by atoms with van der Waals surface area (Å²) in [5.41, 5.74) is 0. The number of carboxylic acid groups (broad SMARTS) is 4. The Kier molecular flexibility index (Phi) is 78.7. The highest BCUT2D eigenvalue weighted by Gasteiger charge is 2.36. The fraction of sp³-hybridized carbons (Fsp3) is 0.438. The lowest BCUT2D eigenvalue weighted by Crippen LogP contribution is -2.04. The molecule has 5 atom stereocenters. The van der Waals surface area contributed by atoms with E-state index in [4.69, 9.17) is 30.4 Å². The second kappa shape index (κ2) is 82.6. The molecule has 0 aromatic heterocycles. The molecule has 0 aliphatic carbocycles. The number of carbonyl (C=O) groups is 4. The van der Waals surface area contributed by atoms with Gasteiger partial charge < -0.3 is 35.4 Å². The van der Waals surface area contributed by atoms with E-state index in [0.717, 1.165) is 96.3 Å². The van der Waals surface area contributed by atoms with E-state index in [1.807, 2.05) is 79.0 Å². The first-order chi connectivity index (χ1) is 49.8. The van der Waals surface area contributed by atoms with E-state index in [2.05, 4.69) is 195 Å². The maximum absolute atomic E-state index is 10.3. The van der Waals surface area contributed by atoms with Crippen molar-refractivity contribution in [2.75, 3.05) is 0 Å². The molecule has 1 heterocycles.